The molecule has 0 aliphatic carbocycles. The summed E-state index contributed by atoms with van der Waals surface area (Å²) in [4.78, 5) is 4.21. The predicted octanol–water partition coefficient (Wildman–Crippen LogP) is 3.34. The number of aliphatic imine (C=N–C) groups is 1. The van der Waals surface area contributed by atoms with Gasteiger partial charge in [-0.15, -0.1) is 0 Å². The van der Waals surface area contributed by atoms with E-state index in [4.69, 9.17) is 0 Å². The van der Waals surface area contributed by atoms with E-state index in [1.807, 2.05) is 12.3 Å². The molecule has 1 aliphatic rings. The molecule has 1 aliphatic heterocycles. The van der Waals surface area contributed by atoms with Crippen LogP contribution in [0.1, 0.15) is 32.6 Å². The van der Waals surface area contributed by atoms with Gasteiger partial charge in [0, 0.05) is 11.9 Å². The summed E-state index contributed by atoms with van der Waals surface area (Å²) in [6.45, 7) is 6.19. The first kappa shape index (κ1) is 9.24. The van der Waals surface area contributed by atoms with Crippen LogP contribution >= 0.6 is 0 Å². The van der Waals surface area contributed by atoms with Gasteiger partial charge in [-0.25, -0.2) is 0 Å². The van der Waals surface area contributed by atoms with Crippen molar-refractivity contribution >= 4 is 6.21 Å². The quantitative estimate of drug-likeness (QED) is 0.519. The fourth-order valence-corrected chi connectivity index (χ4v) is 1.31. The summed E-state index contributed by atoms with van der Waals surface area (Å²) >= 11 is 0. The molecule has 0 aromatic rings. The molecule has 0 amide bonds. The zero-order valence-corrected chi connectivity index (χ0v) is 7.79. The lowest BCUT2D eigenvalue weighted by Crippen LogP contribution is -1.95. The Kier molecular flexibility index (Phi) is 3.78. The monoisotopic (exact) mass is 163 g/mol. The average molecular weight is 163 g/mol. The second-order valence-corrected chi connectivity index (χ2v) is 3.49. The maximum Gasteiger partial charge on any atom is 0.0332 e. The Bertz CT molecular complexity index is 201. The molecule has 1 heteroatoms. The van der Waals surface area contributed by atoms with Crippen LogP contribution in [-0.4, -0.2) is 6.21 Å². The van der Waals surface area contributed by atoms with Crippen LogP contribution in [0.25, 0.3) is 0 Å². The molecular formula is C11H17N. The molecule has 0 saturated heterocycles. The van der Waals surface area contributed by atoms with Crippen LogP contribution in [0, 0.1) is 5.92 Å². The SMILES string of the molecule is C=C1CCC(C)CC/C=C\C=N/1. The van der Waals surface area contributed by atoms with Crippen molar-refractivity contribution in [3.8, 4) is 0 Å². The molecule has 0 saturated carbocycles. The van der Waals surface area contributed by atoms with Crippen LogP contribution < -0.4 is 0 Å². The standard InChI is InChI=1S/C11H17N/c1-10-6-4-3-5-9-12-11(2)8-7-10/h3,5,9-10H,2,4,6-8H2,1H3/b5-3-,12-9-. The van der Waals surface area contributed by atoms with Crippen molar-refractivity contribution in [3.63, 3.8) is 0 Å². The van der Waals surface area contributed by atoms with E-state index in [-0.39, 0.29) is 0 Å². The lowest BCUT2D eigenvalue weighted by atomic mass is 9.98. The van der Waals surface area contributed by atoms with Crippen molar-refractivity contribution in [1.82, 2.24) is 0 Å². The lowest BCUT2D eigenvalue weighted by Gasteiger charge is -2.09. The molecule has 0 fully saturated rings. The molecule has 0 spiro atoms. The highest BCUT2D eigenvalue weighted by atomic mass is 14.7. The largest absolute Gasteiger partial charge is 0.262 e. The van der Waals surface area contributed by atoms with Crippen molar-refractivity contribution < 1.29 is 0 Å². The van der Waals surface area contributed by atoms with Gasteiger partial charge in [-0.1, -0.05) is 19.6 Å². The number of allylic oxidation sites excluding steroid dienone is 3. The molecule has 12 heavy (non-hydrogen) atoms. The molecule has 0 aromatic carbocycles. The minimum Gasteiger partial charge on any atom is -0.262 e. The van der Waals surface area contributed by atoms with E-state index in [2.05, 4.69) is 24.6 Å². The highest BCUT2D eigenvalue weighted by Crippen LogP contribution is 2.17. The number of hydrogen-bond acceptors (Lipinski definition) is 1. The van der Waals surface area contributed by atoms with Gasteiger partial charge in [0.2, 0.25) is 0 Å². The zero-order valence-electron chi connectivity index (χ0n) is 7.79. The number of nitrogens with zero attached hydrogens (tertiary/aromatic N) is 1. The Hall–Kier alpha value is -0.850. The summed E-state index contributed by atoms with van der Waals surface area (Å²) in [6, 6.07) is 0. The van der Waals surface area contributed by atoms with E-state index in [9.17, 15) is 0 Å². The second kappa shape index (κ2) is 4.91. The van der Waals surface area contributed by atoms with Gasteiger partial charge in [0.15, 0.2) is 0 Å². The summed E-state index contributed by atoms with van der Waals surface area (Å²) in [5.74, 6) is 0.805. The van der Waals surface area contributed by atoms with E-state index in [0.29, 0.717) is 0 Å². The molecular weight excluding hydrogens is 146 g/mol. The van der Waals surface area contributed by atoms with Gasteiger partial charge in [0.1, 0.15) is 0 Å². The first-order chi connectivity index (χ1) is 5.79. The summed E-state index contributed by atoms with van der Waals surface area (Å²) in [5, 5.41) is 0. The van der Waals surface area contributed by atoms with Gasteiger partial charge >= 0.3 is 0 Å². The van der Waals surface area contributed by atoms with E-state index in [1.165, 1.54) is 19.3 Å². The minimum absolute atomic E-state index is 0.805. The summed E-state index contributed by atoms with van der Waals surface area (Å²) in [7, 11) is 0. The van der Waals surface area contributed by atoms with E-state index in [0.717, 1.165) is 18.0 Å². The van der Waals surface area contributed by atoms with Crippen molar-refractivity contribution in [2.45, 2.75) is 32.6 Å². The highest BCUT2D eigenvalue weighted by molar-refractivity contribution is 5.71. The van der Waals surface area contributed by atoms with Crippen molar-refractivity contribution in [2.75, 3.05) is 0 Å². The predicted molar refractivity (Wildman–Crippen MR) is 54.4 cm³/mol. The van der Waals surface area contributed by atoms with Crippen molar-refractivity contribution in [3.05, 3.63) is 24.4 Å². The van der Waals surface area contributed by atoms with Gasteiger partial charge in [0.05, 0.1) is 0 Å². The lowest BCUT2D eigenvalue weighted by molar-refractivity contribution is 0.495. The number of rotatable bonds is 0. The Morgan fingerprint density at radius 3 is 3.17 bits per heavy atom. The van der Waals surface area contributed by atoms with Crippen molar-refractivity contribution in [1.29, 1.82) is 0 Å². The smallest absolute Gasteiger partial charge is 0.0332 e. The third-order valence-corrected chi connectivity index (χ3v) is 2.23. The van der Waals surface area contributed by atoms with Crippen LogP contribution in [0.15, 0.2) is 29.4 Å². The topological polar surface area (TPSA) is 12.4 Å². The van der Waals surface area contributed by atoms with Gasteiger partial charge in [0.25, 0.3) is 0 Å². The molecule has 1 nitrogen and oxygen atoms in total. The molecule has 0 bridgehead atoms. The maximum atomic E-state index is 4.21. The average Bonchev–Trinajstić information content (AvgIpc) is 2.07. The third kappa shape index (κ3) is 3.51. The summed E-state index contributed by atoms with van der Waals surface area (Å²) in [5.41, 5.74) is 1.01. The molecule has 0 N–H and O–H groups in total. The van der Waals surface area contributed by atoms with Crippen LogP contribution in [0.5, 0.6) is 0 Å². The van der Waals surface area contributed by atoms with Crippen LogP contribution in [0.3, 0.4) is 0 Å². The maximum absolute atomic E-state index is 4.21. The first-order valence-corrected chi connectivity index (χ1v) is 4.66. The van der Waals surface area contributed by atoms with Gasteiger partial charge < -0.3 is 0 Å². The third-order valence-electron chi connectivity index (χ3n) is 2.23. The van der Waals surface area contributed by atoms with Gasteiger partial charge in [-0.3, -0.25) is 4.99 Å². The first-order valence-electron chi connectivity index (χ1n) is 4.66. The van der Waals surface area contributed by atoms with Crippen molar-refractivity contribution in [2.24, 2.45) is 10.9 Å². The Balaban J connectivity index is 2.51. The minimum atomic E-state index is 0.805. The molecule has 0 radical (unpaired) electrons. The molecule has 1 rings (SSSR count). The zero-order chi connectivity index (χ0) is 8.81. The molecule has 66 valence electrons. The Morgan fingerprint density at radius 2 is 2.33 bits per heavy atom. The van der Waals surface area contributed by atoms with E-state index < -0.39 is 0 Å². The summed E-state index contributed by atoms with van der Waals surface area (Å²) < 4.78 is 0. The fraction of sp³-hybridized carbons (Fsp3) is 0.545. The Morgan fingerprint density at radius 1 is 1.50 bits per heavy atom. The Labute approximate surface area is 74.9 Å². The highest BCUT2D eigenvalue weighted by Gasteiger charge is 2.02. The fourth-order valence-electron chi connectivity index (χ4n) is 1.31. The van der Waals surface area contributed by atoms with E-state index in [1.54, 1.807) is 0 Å². The van der Waals surface area contributed by atoms with Crippen LogP contribution in [0.2, 0.25) is 0 Å². The molecule has 1 heterocycles. The van der Waals surface area contributed by atoms with Crippen LogP contribution in [0.4, 0.5) is 0 Å². The summed E-state index contributed by atoms with van der Waals surface area (Å²) in [6.07, 6.45) is 10.8. The second-order valence-electron chi connectivity index (χ2n) is 3.49. The van der Waals surface area contributed by atoms with Crippen LogP contribution in [-0.2, 0) is 0 Å². The molecule has 0 aromatic heterocycles. The molecule has 1 unspecified atom stereocenters. The van der Waals surface area contributed by atoms with Gasteiger partial charge in [-0.05, 0) is 37.7 Å². The normalized spacial score (nSPS) is 31.1. The van der Waals surface area contributed by atoms with Gasteiger partial charge in [-0.2, -0.15) is 0 Å². The van der Waals surface area contributed by atoms with E-state index >= 15 is 0 Å². The molecule has 1 atom stereocenters. The number of hydrogen-bond donors (Lipinski definition) is 0.